The molecular formula is C21H36O4. The fraction of sp³-hybridized carbons (Fsp3) is 0.857. The Bertz CT molecular complexity index is 514. The van der Waals surface area contributed by atoms with Crippen LogP contribution in [-0.2, 0) is 14.4 Å². The second-order valence-electron chi connectivity index (χ2n) is 9.07. The van der Waals surface area contributed by atoms with Crippen LogP contribution in [0.4, 0.5) is 0 Å². The fourth-order valence-corrected chi connectivity index (χ4v) is 5.38. The predicted octanol–water partition coefficient (Wildman–Crippen LogP) is 5.23. The lowest BCUT2D eigenvalue weighted by molar-refractivity contribution is -0.276. The van der Waals surface area contributed by atoms with Crippen LogP contribution in [0, 0.1) is 28.6 Å². The zero-order valence-electron chi connectivity index (χ0n) is 16.8. The van der Waals surface area contributed by atoms with Crippen LogP contribution in [-0.4, -0.2) is 24.4 Å². The average molecular weight is 353 g/mol. The third kappa shape index (κ3) is 3.95. The molecule has 0 unspecified atom stereocenters. The van der Waals surface area contributed by atoms with Crippen molar-refractivity contribution in [3.8, 4) is 0 Å². The first kappa shape index (κ1) is 20.4. The third-order valence-corrected chi connectivity index (χ3v) is 7.65. The van der Waals surface area contributed by atoms with E-state index >= 15 is 0 Å². The normalized spacial score (nSPS) is 39.3. The van der Waals surface area contributed by atoms with Crippen molar-refractivity contribution >= 4 is 5.97 Å². The number of hydrogen-bond donors (Lipinski definition) is 1. The number of carbonyl (C=O) groups excluding carboxylic acids is 1. The summed E-state index contributed by atoms with van der Waals surface area (Å²) in [6, 6.07) is 0. The molecular weight excluding hydrogens is 316 g/mol. The Morgan fingerprint density at radius 2 is 2.12 bits per heavy atom. The smallest absolute Gasteiger partial charge is 0.305 e. The summed E-state index contributed by atoms with van der Waals surface area (Å²) in [6.45, 7) is 11.5. The van der Waals surface area contributed by atoms with Crippen LogP contribution in [0.1, 0.15) is 73.1 Å². The Hall–Kier alpha value is -0.870. The van der Waals surface area contributed by atoms with Gasteiger partial charge in [-0.2, -0.15) is 0 Å². The first-order valence-electron chi connectivity index (χ1n) is 9.73. The van der Waals surface area contributed by atoms with Gasteiger partial charge in [0.25, 0.3) is 0 Å². The molecule has 2 rings (SSSR count). The maximum absolute atomic E-state index is 11.5. The van der Waals surface area contributed by atoms with E-state index in [-0.39, 0.29) is 22.9 Å². The molecule has 0 saturated heterocycles. The van der Waals surface area contributed by atoms with Gasteiger partial charge in [-0.25, -0.2) is 4.89 Å². The lowest BCUT2D eigenvalue weighted by atomic mass is 9.46. The van der Waals surface area contributed by atoms with E-state index in [9.17, 15) is 10.1 Å². The van der Waals surface area contributed by atoms with Gasteiger partial charge < -0.3 is 4.74 Å². The molecule has 25 heavy (non-hydrogen) atoms. The lowest BCUT2D eigenvalue weighted by Crippen LogP contribution is -2.51. The fourth-order valence-electron chi connectivity index (χ4n) is 5.38. The summed E-state index contributed by atoms with van der Waals surface area (Å²) in [7, 11) is 1.46. The van der Waals surface area contributed by atoms with E-state index in [0.717, 1.165) is 19.3 Å². The lowest BCUT2D eigenvalue weighted by Gasteiger charge is -2.58. The molecule has 2 aliphatic rings. The van der Waals surface area contributed by atoms with Crippen molar-refractivity contribution in [3.63, 3.8) is 0 Å². The number of fused-ring (bicyclic) bond motifs is 1. The van der Waals surface area contributed by atoms with Crippen molar-refractivity contribution < 1.29 is 19.7 Å². The maximum atomic E-state index is 11.5. The van der Waals surface area contributed by atoms with E-state index in [1.807, 2.05) is 0 Å². The number of methoxy groups -OCH3 is 1. The molecule has 0 aliphatic heterocycles. The molecule has 0 aromatic heterocycles. The second kappa shape index (κ2) is 7.79. The number of carbonyl (C=O) groups is 1. The Labute approximate surface area is 152 Å². The summed E-state index contributed by atoms with van der Waals surface area (Å²) in [5.74, 6) is 1.32. The van der Waals surface area contributed by atoms with E-state index < -0.39 is 0 Å². The first-order valence-corrected chi connectivity index (χ1v) is 9.73. The molecule has 0 bridgehead atoms. The van der Waals surface area contributed by atoms with E-state index in [1.165, 1.54) is 25.5 Å². The Morgan fingerprint density at radius 1 is 1.44 bits per heavy atom. The summed E-state index contributed by atoms with van der Waals surface area (Å²) in [5, 5.41) is 9.27. The van der Waals surface area contributed by atoms with Crippen molar-refractivity contribution in [2.24, 2.45) is 28.6 Å². The van der Waals surface area contributed by atoms with Crippen LogP contribution in [0.15, 0.2) is 11.6 Å². The second-order valence-corrected chi connectivity index (χ2v) is 9.07. The van der Waals surface area contributed by atoms with Crippen LogP contribution in [0.2, 0.25) is 0 Å². The molecule has 0 aromatic rings. The summed E-state index contributed by atoms with van der Waals surface area (Å²) in [5.41, 5.74) is 1.72. The largest absolute Gasteiger partial charge is 0.469 e. The number of rotatable bonds is 6. The van der Waals surface area contributed by atoms with Gasteiger partial charge in [0, 0.05) is 6.42 Å². The van der Waals surface area contributed by atoms with Gasteiger partial charge in [-0.3, -0.25) is 10.1 Å². The molecule has 0 spiro atoms. The van der Waals surface area contributed by atoms with E-state index in [1.54, 1.807) is 0 Å². The predicted molar refractivity (Wildman–Crippen MR) is 99.0 cm³/mol. The molecule has 6 atom stereocenters. The Balaban J connectivity index is 2.18. The standard InChI is InChI=1S/C21H36O4/c1-14(11-19(22)24-6)7-9-20(4)15(2)8-10-21(5)16(3)12-17(25-23)13-18(20)21/h12,14-15,17-18,23H,7-11,13H2,1-6H3/t14-,15-,17-,18-,20+,21+/m1/s1. The summed E-state index contributed by atoms with van der Waals surface area (Å²) >= 11 is 0. The van der Waals surface area contributed by atoms with Gasteiger partial charge in [0.1, 0.15) is 6.10 Å². The zero-order valence-corrected chi connectivity index (χ0v) is 16.8. The monoisotopic (exact) mass is 352 g/mol. The van der Waals surface area contributed by atoms with Crippen molar-refractivity contribution in [3.05, 3.63) is 11.6 Å². The Morgan fingerprint density at radius 3 is 2.72 bits per heavy atom. The molecule has 0 amide bonds. The number of esters is 1. The van der Waals surface area contributed by atoms with Crippen molar-refractivity contribution in [2.45, 2.75) is 79.2 Å². The van der Waals surface area contributed by atoms with Gasteiger partial charge in [0.15, 0.2) is 0 Å². The minimum atomic E-state index is -0.199. The topological polar surface area (TPSA) is 55.8 Å². The van der Waals surface area contributed by atoms with Gasteiger partial charge in [0.2, 0.25) is 0 Å². The van der Waals surface area contributed by atoms with Gasteiger partial charge in [-0.15, -0.1) is 0 Å². The highest BCUT2D eigenvalue weighted by Crippen LogP contribution is 2.62. The van der Waals surface area contributed by atoms with Crippen molar-refractivity contribution in [1.82, 2.24) is 0 Å². The quantitative estimate of drug-likeness (QED) is 0.308. The minimum Gasteiger partial charge on any atom is -0.469 e. The van der Waals surface area contributed by atoms with Gasteiger partial charge in [-0.05, 0) is 67.6 Å². The highest BCUT2D eigenvalue weighted by Gasteiger charge is 2.54. The Kier molecular flexibility index (Phi) is 6.37. The molecule has 1 saturated carbocycles. The summed E-state index contributed by atoms with van der Waals surface area (Å²) in [6.07, 6.45) is 7.81. The molecule has 0 aromatic carbocycles. The summed E-state index contributed by atoms with van der Waals surface area (Å²) < 4.78 is 4.81. The molecule has 1 N–H and O–H groups in total. The van der Waals surface area contributed by atoms with Crippen molar-refractivity contribution in [2.75, 3.05) is 7.11 Å². The van der Waals surface area contributed by atoms with Crippen LogP contribution >= 0.6 is 0 Å². The SMILES string of the molecule is COC(=O)C[C@H](C)CC[C@@]1(C)[C@H](C)CC[C@@]2(C)C(C)=C[C@@H](OO)C[C@H]12. The molecule has 4 heteroatoms. The van der Waals surface area contributed by atoms with E-state index in [4.69, 9.17) is 9.62 Å². The van der Waals surface area contributed by atoms with Crippen LogP contribution in [0.5, 0.6) is 0 Å². The van der Waals surface area contributed by atoms with Crippen molar-refractivity contribution in [1.29, 1.82) is 0 Å². The van der Waals surface area contributed by atoms with Crippen LogP contribution in [0.25, 0.3) is 0 Å². The molecule has 1 fully saturated rings. The number of hydrogen-bond acceptors (Lipinski definition) is 4. The molecule has 144 valence electrons. The molecule has 0 radical (unpaired) electrons. The zero-order chi connectivity index (χ0) is 18.8. The van der Waals surface area contributed by atoms with Gasteiger partial charge in [0.05, 0.1) is 7.11 Å². The highest BCUT2D eigenvalue weighted by atomic mass is 17.1. The number of ether oxygens (including phenoxy) is 1. The minimum absolute atomic E-state index is 0.121. The van der Waals surface area contributed by atoms with E-state index in [0.29, 0.717) is 24.2 Å². The maximum Gasteiger partial charge on any atom is 0.305 e. The third-order valence-electron chi connectivity index (χ3n) is 7.65. The summed E-state index contributed by atoms with van der Waals surface area (Å²) in [4.78, 5) is 16.3. The van der Waals surface area contributed by atoms with E-state index in [2.05, 4.69) is 40.7 Å². The number of allylic oxidation sites excluding steroid dienone is 1. The van der Waals surface area contributed by atoms with Gasteiger partial charge in [-0.1, -0.05) is 39.3 Å². The highest BCUT2D eigenvalue weighted by molar-refractivity contribution is 5.69. The van der Waals surface area contributed by atoms with Crippen LogP contribution < -0.4 is 0 Å². The first-order chi connectivity index (χ1) is 11.7. The molecule has 2 aliphatic carbocycles. The van der Waals surface area contributed by atoms with Crippen LogP contribution in [0.3, 0.4) is 0 Å². The van der Waals surface area contributed by atoms with Gasteiger partial charge >= 0.3 is 5.97 Å². The molecule has 4 nitrogen and oxygen atoms in total. The molecule has 0 heterocycles. The average Bonchev–Trinajstić information content (AvgIpc) is 2.58.